The molecule has 6 nitrogen and oxygen atoms in total. The summed E-state index contributed by atoms with van der Waals surface area (Å²) in [6.45, 7) is 2.99. The number of carbonyl (C=O) groups excluding carboxylic acids is 2. The standard InChI is InChI=1S/C18H21ClN2O4/c1-11-6-13(18(24)25)9-20(8-11)17(23)12-7-16(22)21(10-12)15-5-3-2-4-14(15)19/h2-5,11-13H,6-10H2,1H3,(H,24,25). The third kappa shape index (κ3) is 3.63. The lowest BCUT2D eigenvalue weighted by Crippen LogP contribution is -2.48. The van der Waals surface area contributed by atoms with E-state index in [0.717, 1.165) is 0 Å². The van der Waals surface area contributed by atoms with Crippen LogP contribution < -0.4 is 4.90 Å². The summed E-state index contributed by atoms with van der Waals surface area (Å²) in [5.41, 5.74) is 0.611. The van der Waals surface area contributed by atoms with Crippen LogP contribution in [0, 0.1) is 17.8 Å². The number of benzene rings is 1. The van der Waals surface area contributed by atoms with Crippen LogP contribution >= 0.6 is 11.6 Å². The zero-order chi connectivity index (χ0) is 18.1. The van der Waals surface area contributed by atoms with E-state index in [1.807, 2.05) is 6.92 Å². The molecular weight excluding hydrogens is 344 g/mol. The van der Waals surface area contributed by atoms with Crippen LogP contribution in [0.1, 0.15) is 19.8 Å². The largest absolute Gasteiger partial charge is 0.481 e. The molecule has 1 aromatic carbocycles. The number of carboxylic acids is 1. The van der Waals surface area contributed by atoms with Crippen LogP contribution in [0.2, 0.25) is 5.02 Å². The molecule has 3 unspecified atom stereocenters. The first kappa shape index (κ1) is 17.7. The zero-order valence-corrected chi connectivity index (χ0v) is 14.8. The van der Waals surface area contributed by atoms with Gasteiger partial charge in [0.1, 0.15) is 0 Å². The molecule has 2 heterocycles. The Hall–Kier alpha value is -2.08. The Labute approximate surface area is 151 Å². The molecule has 0 aliphatic carbocycles. The number of carboxylic acid groups (broad SMARTS) is 1. The normalized spacial score (nSPS) is 26.8. The zero-order valence-electron chi connectivity index (χ0n) is 14.0. The van der Waals surface area contributed by atoms with Crippen molar-refractivity contribution in [3.63, 3.8) is 0 Å². The molecule has 3 rings (SSSR count). The minimum absolute atomic E-state index is 0.132. The fraction of sp³-hybridized carbons (Fsp3) is 0.500. The van der Waals surface area contributed by atoms with Gasteiger partial charge < -0.3 is 14.9 Å². The maximum Gasteiger partial charge on any atom is 0.308 e. The third-order valence-electron chi connectivity index (χ3n) is 4.94. The van der Waals surface area contributed by atoms with E-state index in [0.29, 0.717) is 23.7 Å². The highest BCUT2D eigenvalue weighted by Crippen LogP contribution is 2.32. The first-order chi connectivity index (χ1) is 11.9. The van der Waals surface area contributed by atoms with Crippen molar-refractivity contribution in [3.05, 3.63) is 29.3 Å². The number of hydrogen-bond acceptors (Lipinski definition) is 3. The lowest BCUT2D eigenvalue weighted by Gasteiger charge is -2.36. The number of para-hydroxylation sites is 1. The predicted molar refractivity (Wildman–Crippen MR) is 93.4 cm³/mol. The van der Waals surface area contributed by atoms with Crippen molar-refractivity contribution in [3.8, 4) is 0 Å². The minimum Gasteiger partial charge on any atom is -0.481 e. The van der Waals surface area contributed by atoms with E-state index in [-0.39, 0.29) is 37.2 Å². The lowest BCUT2D eigenvalue weighted by molar-refractivity contribution is -0.148. The summed E-state index contributed by atoms with van der Waals surface area (Å²) in [6, 6.07) is 7.06. The first-order valence-electron chi connectivity index (χ1n) is 8.43. The maximum atomic E-state index is 12.8. The Bertz CT molecular complexity index is 708. The van der Waals surface area contributed by atoms with Crippen LogP contribution in [0.3, 0.4) is 0 Å². The van der Waals surface area contributed by atoms with Crippen molar-refractivity contribution >= 4 is 35.1 Å². The van der Waals surface area contributed by atoms with Crippen LogP contribution in [0.25, 0.3) is 0 Å². The van der Waals surface area contributed by atoms with Gasteiger partial charge in [-0.1, -0.05) is 30.7 Å². The highest BCUT2D eigenvalue weighted by Gasteiger charge is 2.40. The van der Waals surface area contributed by atoms with E-state index in [9.17, 15) is 19.5 Å². The second kappa shape index (κ2) is 7.04. The molecule has 2 fully saturated rings. The molecule has 0 aromatic heterocycles. The van der Waals surface area contributed by atoms with Gasteiger partial charge in [-0.3, -0.25) is 14.4 Å². The number of piperidine rings is 1. The Morgan fingerprint density at radius 2 is 1.88 bits per heavy atom. The summed E-state index contributed by atoms with van der Waals surface area (Å²) in [5, 5.41) is 9.74. The third-order valence-corrected chi connectivity index (χ3v) is 5.26. The Morgan fingerprint density at radius 1 is 1.16 bits per heavy atom. The topological polar surface area (TPSA) is 77.9 Å². The molecule has 0 bridgehead atoms. The number of aliphatic carboxylic acids is 1. The van der Waals surface area contributed by atoms with E-state index >= 15 is 0 Å². The second-order valence-electron chi connectivity index (χ2n) is 6.98. The summed E-state index contributed by atoms with van der Waals surface area (Å²) >= 11 is 6.16. The number of likely N-dealkylation sites (tertiary alicyclic amines) is 1. The molecule has 0 saturated carbocycles. The van der Waals surface area contributed by atoms with E-state index in [1.165, 1.54) is 0 Å². The fourth-order valence-corrected chi connectivity index (χ4v) is 3.98. The van der Waals surface area contributed by atoms with E-state index in [1.54, 1.807) is 34.1 Å². The average Bonchev–Trinajstić information content (AvgIpc) is 2.95. The number of anilines is 1. The summed E-state index contributed by atoms with van der Waals surface area (Å²) in [4.78, 5) is 39.7. The van der Waals surface area contributed by atoms with E-state index < -0.39 is 17.8 Å². The smallest absolute Gasteiger partial charge is 0.308 e. The quantitative estimate of drug-likeness (QED) is 0.892. The van der Waals surface area contributed by atoms with Crippen molar-refractivity contribution in [1.29, 1.82) is 0 Å². The lowest BCUT2D eigenvalue weighted by atomic mass is 9.89. The summed E-state index contributed by atoms with van der Waals surface area (Å²) in [5.74, 6) is -2.00. The monoisotopic (exact) mass is 364 g/mol. The van der Waals surface area contributed by atoms with Crippen LogP contribution in [0.5, 0.6) is 0 Å². The van der Waals surface area contributed by atoms with Crippen LogP contribution in [0.15, 0.2) is 24.3 Å². The first-order valence-corrected chi connectivity index (χ1v) is 8.81. The van der Waals surface area contributed by atoms with Gasteiger partial charge in [0, 0.05) is 26.1 Å². The number of rotatable bonds is 3. The van der Waals surface area contributed by atoms with Gasteiger partial charge in [0.05, 0.1) is 22.5 Å². The second-order valence-corrected chi connectivity index (χ2v) is 7.38. The molecule has 3 atom stereocenters. The summed E-state index contributed by atoms with van der Waals surface area (Å²) in [6.07, 6.45) is 0.709. The molecule has 0 radical (unpaired) electrons. The van der Waals surface area contributed by atoms with Crippen molar-refractivity contribution in [2.75, 3.05) is 24.5 Å². The van der Waals surface area contributed by atoms with Crippen molar-refractivity contribution in [2.24, 2.45) is 17.8 Å². The number of carbonyl (C=O) groups is 3. The highest BCUT2D eigenvalue weighted by atomic mass is 35.5. The molecule has 2 aliphatic heterocycles. The van der Waals surface area contributed by atoms with Gasteiger partial charge in [-0.15, -0.1) is 0 Å². The summed E-state index contributed by atoms with van der Waals surface area (Å²) < 4.78 is 0. The van der Waals surface area contributed by atoms with Crippen LogP contribution in [0.4, 0.5) is 5.69 Å². The Morgan fingerprint density at radius 3 is 2.56 bits per heavy atom. The van der Waals surface area contributed by atoms with Gasteiger partial charge in [-0.2, -0.15) is 0 Å². The Balaban J connectivity index is 1.72. The van der Waals surface area contributed by atoms with Gasteiger partial charge in [0.2, 0.25) is 11.8 Å². The highest BCUT2D eigenvalue weighted by molar-refractivity contribution is 6.33. The molecule has 2 amide bonds. The van der Waals surface area contributed by atoms with Crippen molar-refractivity contribution in [1.82, 2.24) is 4.90 Å². The van der Waals surface area contributed by atoms with E-state index in [2.05, 4.69) is 0 Å². The van der Waals surface area contributed by atoms with Crippen molar-refractivity contribution in [2.45, 2.75) is 19.8 Å². The number of amides is 2. The molecular formula is C18H21ClN2O4. The molecule has 25 heavy (non-hydrogen) atoms. The molecule has 2 saturated heterocycles. The number of halogens is 1. The molecule has 7 heteroatoms. The SMILES string of the molecule is CC1CC(C(=O)O)CN(C(=O)C2CC(=O)N(c3ccccc3Cl)C2)C1. The van der Waals surface area contributed by atoms with Gasteiger partial charge in [0.25, 0.3) is 0 Å². The van der Waals surface area contributed by atoms with Gasteiger partial charge in [0.15, 0.2) is 0 Å². The van der Waals surface area contributed by atoms with Crippen LogP contribution in [-0.4, -0.2) is 47.4 Å². The average molecular weight is 365 g/mol. The summed E-state index contributed by atoms with van der Waals surface area (Å²) in [7, 11) is 0. The van der Waals surface area contributed by atoms with Crippen LogP contribution in [-0.2, 0) is 14.4 Å². The van der Waals surface area contributed by atoms with Crippen molar-refractivity contribution < 1.29 is 19.5 Å². The van der Waals surface area contributed by atoms with Gasteiger partial charge in [-0.05, 0) is 24.5 Å². The number of nitrogens with zero attached hydrogens (tertiary/aromatic N) is 2. The fourth-order valence-electron chi connectivity index (χ4n) is 3.75. The Kier molecular flexibility index (Phi) is 4.99. The predicted octanol–water partition coefficient (Wildman–Crippen LogP) is 2.26. The van der Waals surface area contributed by atoms with Gasteiger partial charge >= 0.3 is 5.97 Å². The molecule has 1 aromatic rings. The minimum atomic E-state index is -0.871. The molecule has 0 spiro atoms. The molecule has 134 valence electrons. The molecule has 1 N–H and O–H groups in total. The van der Waals surface area contributed by atoms with E-state index in [4.69, 9.17) is 11.6 Å². The maximum absolute atomic E-state index is 12.8. The molecule has 2 aliphatic rings. The van der Waals surface area contributed by atoms with Gasteiger partial charge in [-0.25, -0.2) is 0 Å². The number of hydrogen-bond donors (Lipinski definition) is 1.